The Morgan fingerprint density at radius 1 is 0.966 bits per heavy atom. The summed E-state index contributed by atoms with van der Waals surface area (Å²) in [5.41, 5.74) is 11.8. The number of benzene rings is 3. The molecule has 0 fully saturated rings. The predicted molar refractivity (Wildman–Crippen MR) is 118 cm³/mol. The van der Waals surface area contributed by atoms with Crippen LogP contribution in [0.4, 0.5) is 10.5 Å². The number of primary amides is 1. The molecule has 3 amide bonds. The van der Waals surface area contributed by atoms with Crippen LogP contribution in [0.1, 0.15) is 29.2 Å². The van der Waals surface area contributed by atoms with Gasteiger partial charge in [0, 0.05) is 10.2 Å². The maximum atomic E-state index is 12.7. The number of carbonyl (C=O) groups is 2. The number of urea groups is 1. The fraction of sp³-hybridized carbons (Fsp3) is 0.130. The highest BCUT2D eigenvalue weighted by Gasteiger charge is 2.20. The average molecular weight is 450 g/mol. The van der Waals surface area contributed by atoms with E-state index in [1.165, 1.54) is 22.3 Å². The Hall–Kier alpha value is -3.12. The van der Waals surface area contributed by atoms with Gasteiger partial charge < -0.3 is 16.4 Å². The van der Waals surface area contributed by atoms with Crippen LogP contribution in [-0.4, -0.2) is 11.9 Å². The highest BCUT2D eigenvalue weighted by molar-refractivity contribution is 9.10. The molecule has 3 aromatic carbocycles. The molecule has 146 valence electrons. The van der Waals surface area contributed by atoms with Crippen LogP contribution < -0.4 is 16.4 Å². The predicted octanol–water partition coefficient (Wildman–Crippen LogP) is 4.76. The number of halogens is 1. The van der Waals surface area contributed by atoms with Gasteiger partial charge in [0.05, 0.1) is 12.5 Å². The van der Waals surface area contributed by atoms with Crippen molar-refractivity contribution >= 4 is 33.6 Å². The molecule has 0 aromatic heterocycles. The summed E-state index contributed by atoms with van der Waals surface area (Å²) >= 11 is 3.41. The van der Waals surface area contributed by atoms with Crippen molar-refractivity contribution in [3.63, 3.8) is 0 Å². The topological polar surface area (TPSA) is 84.2 Å². The van der Waals surface area contributed by atoms with Gasteiger partial charge in [-0.25, -0.2) is 4.79 Å². The van der Waals surface area contributed by atoms with Crippen LogP contribution in [-0.2, 0) is 11.2 Å². The Bertz CT molecular complexity index is 1100. The van der Waals surface area contributed by atoms with Gasteiger partial charge in [-0.05, 0) is 58.5 Å². The number of carbonyl (C=O) groups excluding carboxylic acids is 2. The fourth-order valence-electron chi connectivity index (χ4n) is 3.77. The van der Waals surface area contributed by atoms with Crippen molar-refractivity contribution in [2.45, 2.75) is 18.9 Å². The molecule has 1 aliphatic carbocycles. The lowest BCUT2D eigenvalue weighted by Gasteiger charge is -2.18. The molecule has 0 spiro atoms. The van der Waals surface area contributed by atoms with E-state index in [9.17, 15) is 9.59 Å². The van der Waals surface area contributed by atoms with Gasteiger partial charge in [-0.15, -0.1) is 0 Å². The number of nitrogens with one attached hydrogen (secondary N) is 2. The summed E-state index contributed by atoms with van der Waals surface area (Å²) in [5, 5.41) is 5.59. The second kappa shape index (κ2) is 8.09. The number of fused-ring (bicyclic) bond motifs is 3. The van der Waals surface area contributed by atoms with E-state index in [1.54, 1.807) is 0 Å². The lowest BCUT2D eigenvalue weighted by atomic mass is 10.0. The molecule has 29 heavy (non-hydrogen) atoms. The third-order valence-corrected chi connectivity index (χ3v) is 5.53. The summed E-state index contributed by atoms with van der Waals surface area (Å²) in [6.45, 7) is 0. The summed E-state index contributed by atoms with van der Waals surface area (Å²) in [6.07, 6.45) is 0.940. The van der Waals surface area contributed by atoms with Crippen molar-refractivity contribution < 1.29 is 9.59 Å². The molecular formula is C23H20BrN3O2. The Morgan fingerprint density at radius 3 is 2.55 bits per heavy atom. The lowest BCUT2D eigenvalue weighted by Crippen LogP contribution is -2.35. The van der Waals surface area contributed by atoms with Gasteiger partial charge >= 0.3 is 6.03 Å². The van der Waals surface area contributed by atoms with E-state index in [0.29, 0.717) is 0 Å². The molecule has 0 bridgehead atoms. The van der Waals surface area contributed by atoms with Crippen molar-refractivity contribution in [1.82, 2.24) is 5.32 Å². The van der Waals surface area contributed by atoms with Crippen molar-refractivity contribution in [2.24, 2.45) is 5.73 Å². The molecule has 0 unspecified atom stereocenters. The van der Waals surface area contributed by atoms with E-state index >= 15 is 0 Å². The largest absolute Gasteiger partial charge is 0.352 e. The van der Waals surface area contributed by atoms with Crippen molar-refractivity contribution in [1.29, 1.82) is 0 Å². The van der Waals surface area contributed by atoms with Crippen LogP contribution in [0.15, 0.2) is 71.2 Å². The third-order valence-electron chi connectivity index (χ3n) is 5.03. The van der Waals surface area contributed by atoms with Crippen LogP contribution in [0.25, 0.3) is 11.1 Å². The number of hydrogen-bond acceptors (Lipinski definition) is 2. The number of anilines is 1. The van der Waals surface area contributed by atoms with E-state index in [4.69, 9.17) is 5.73 Å². The quantitative estimate of drug-likeness (QED) is 0.410. The van der Waals surface area contributed by atoms with Crippen molar-refractivity contribution in [3.05, 3.63) is 87.9 Å². The summed E-state index contributed by atoms with van der Waals surface area (Å²) in [6, 6.07) is 20.6. The Balaban J connectivity index is 1.49. The van der Waals surface area contributed by atoms with Gasteiger partial charge in [-0.1, -0.05) is 58.4 Å². The van der Waals surface area contributed by atoms with Crippen LogP contribution in [0, 0.1) is 0 Å². The molecule has 0 saturated carbocycles. The van der Waals surface area contributed by atoms with E-state index in [2.05, 4.69) is 38.7 Å². The van der Waals surface area contributed by atoms with Gasteiger partial charge in [0.15, 0.2) is 0 Å². The number of nitrogens with two attached hydrogens (primary N) is 1. The van der Waals surface area contributed by atoms with Gasteiger partial charge in [0.2, 0.25) is 5.91 Å². The first-order valence-corrected chi connectivity index (χ1v) is 10.1. The molecule has 3 aromatic rings. The molecule has 0 aliphatic heterocycles. The molecule has 4 N–H and O–H groups in total. The first-order valence-electron chi connectivity index (χ1n) is 9.32. The van der Waals surface area contributed by atoms with Gasteiger partial charge in [-0.3, -0.25) is 4.79 Å². The number of amides is 3. The van der Waals surface area contributed by atoms with Gasteiger partial charge in [0.1, 0.15) is 0 Å². The maximum Gasteiger partial charge on any atom is 0.312 e. The van der Waals surface area contributed by atoms with E-state index in [-0.39, 0.29) is 12.3 Å². The standard InChI is InChI=1S/C23H20BrN3O2/c24-17-6-3-5-15(11-17)21(27-23(25)29)13-22(28)26-18-8-9-20-16(12-18)10-14-4-1-2-7-19(14)20/h1-9,11-12,21H,10,13H2,(H,26,28)(H3,25,27,29)/t21-/m0/s1. The van der Waals surface area contributed by atoms with Gasteiger partial charge in [-0.2, -0.15) is 0 Å². The minimum atomic E-state index is -0.668. The average Bonchev–Trinajstić information content (AvgIpc) is 3.05. The maximum absolute atomic E-state index is 12.7. The molecule has 1 aliphatic rings. The lowest BCUT2D eigenvalue weighted by molar-refractivity contribution is -0.116. The van der Waals surface area contributed by atoms with Crippen LogP contribution >= 0.6 is 15.9 Å². The minimum absolute atomic E-state index is 0.0801. The summed E-state index contributed by atoms with van der Waals surface area (Å²) in [5.74, 6) is -0.195. The SMILES string of the molecule is NC(=O)N[C@@H](CC(=O)Nc1ccc2c(c1)Cc1ccccc1-2)c1cccc(Br)c1. The summed E-state index contributed by atoms with van der Waals surface area (Å²) in [7, 11) is 0. The normalized spacial score (nSPS) is 12.6. The summed E-state index contributed by atoms with van der Waals surface area (Å²) in [4.78, 5) is 24.1. The molecule has 0 radical (unpaired) electrons. The first-order chi connectivity index (χ1) is 14.0. The monoisotopic (exact) mass is 449 g/mol. The van der Waals surface area contributed by atoms with Crippen LogP contribution in [0.2, 0.25) is 0 Å². The Morgan fingerprint density at radius 2 is 1.76 bits per heavy atom. The van der Waals surface area contributed by atoms with Crippen molar-refractivity contribution in [3.8, 4) is 11.1 Å². The molecule has 4 rings (SSSR count). The smallest absolute Gasteiger partial charge is 0.312 e. The second-order valence-electron chi connectivity index (χ2n) is 7.07. The number of rotatable bonds is 5. The minimum Gasteiger partial charge on any atom is -0.352 e. The Labute approximate surface area is 177 Å². The van der Waals surface area contributed by atoms with Crippen molar-refractivity contribution in [2.75, 3.05) is 5.32 Å². The molecule has 0 heterocycles. The van der Waals surface area contributed by atoms with Crippen LogP contribution in [0.5, 0.6) is 0 Å². The third kappa shape index (κ3) is 4.32. The molecule has 1 atom stereocenters. The highest BCUT2D eigenvalue weighted by atomic mass is 79.9. The molecule has 5 nitrogen and oxygen atoms in total. The van der Waals surface area contributed by atoms with E-state index in [0.717, 1.165) is 22.1 Å². The zero-order valence-electron chi connectivity index (χ0n) is 15.6. The molecule has 0 saturated heterocycles. The summed E-state index contributed by atoms with van der Waals surface area (Å²) < 4.78 is 0.866. The first kappa shape index (κ1) is 19.2. The van der Waals surface area contributed by atoms with E-state index < -0.39 is 12.1 Å². The van der Waals surface area contributed by atoms with Crippen LogP contribution in [0.3, 0.4) is 0 Å². The highest BCUT2D eigenvalue weighted by Crippen LogP contribution is 2.37. The number of hydrogen-bond donors (Lipinski definition) is 3. The molecule has 6 heteroatoms. The van der Waals surface area contributed by atoms with E-state index in [1.807, 2.05) is 54.6 Å². The Kier molecular flexibility index (Phi) is 5.36. The fourth-order valence-corrected chi connectivity index (χ4v) is 4.18. The second-order valence-corrected chi connectivity index (χ2v) is 7.99. The zero-order chi connectivity index (χ0) is 20.4. The molecular weight excluding hydrogens is 430 g/mol. The van der Waals surface area contributed by atoms with Gasteiger partial charge in [0.25, 0.3) is 0 Å². The zero-order valence-corrected chi connectivity index (χ0v) is 17.2.